The smallest absolute Gasteiger partial charge is 0.277 e. The van der Waals surface area contributed by atoms with Gasteiger partial charge in [0.15, 0.2) is 6.61 Å². The predicted octanol–water partition coefficient (Wildman–Crippen LogP) is 4.86. The Morgan fingerprint density at radius 2 is 2.04 bits per heavy atom. The SMILES string of the molecule is O=C(COc1cccc(Cl)c1)N/N=C/c1c(Br)cc(Br)c(O)c1Br. The van der Waals surface area contributed by atoms with Crippen LogP contribution in [0.15, 0.2) is 48.9 Å². The number of phenolic OH excluding ortho intramolecular Hbond substituents is 1. The van der Waals surface area contributed by atoms with Gasteiger partial charge in [0.05, 0.1) is 15.2 Å². The Bertz CT molecular complexity index is 800. The number of aromatic hydroxyl groups is 1. The van der Waals surface area contributed by atoms with Crippen LogP contribution in [-0.2, 0) is 4.79 Å². The summed E-state index contributed by atoms with van der Waals surface area (Å²) >= 11 is 15.7. The molecule has 0 aromatic heterocycles. The first-order valence-electron chi connectivity index (χ1n) is 6.45. The summed E-state index contributed by atoms with van der Waals surface area (Å²) in [5.74, 6) is 0.0972. The second-order valence-corrected chi connectivity index (χ2v) is 7.39. The fourth-order valence-corrected chi connectivity index (χ4v) is 4.13. The molecule has 2 aromatic rings. The molecule has 0 aliphatic rings. The van der Waals surface area contributed by atoms with Crippen molar-refractivity contribution in [2.75, 3.05) is 6.61 Å². The largest absolute Gasteiger partial charge is 0.506 e. The van der Waals surface area contributed by atoms with E-state index in [1.165, 1.54) is 6.21 Å². The number of hydrogen-bond donors (Lipinski definition) is 2. The Kier molecular flexibility index (Phi) is 7.09. The molecule has 0 fully saturated rings. The molecular formula is C15H10Br3ClN2O3. The number of hydrazone groups is 1. The molecule has 0 aliphatic carbocycles. The Hall–Kier alpha value is -1.09. The van der Waals surface area contributed by atoms with E-state index in [0.717, 1.165) is 0 Å². The molecule has 9 heteroatoms. The third kappa shape index (κ3) is 5.20. The molecule has 2 N–H and O–H groups in total. The highest BCUT2D eigenvalue weighted by Gasteiger charge is 2.12. The minimum Gasteiger partial charge on any atom is -0.506 e. The Balaban J connectivity index is 1.94. The molecule has 1 amide bonds. The number of carbonyl (C=O) groups excluding carboxylic acids is 1. The summed E-state index contributed by atoms with van der Waals surface area (Å²) in [4.78, 5) is 11.7. The van der Waals surface area contributed by atoms with Crippen LogP contribution in [0.2, 0.25) is 5.02 Å². The number of halogens is 4. The molecule has 0 bridgehead atoms. The van der Waals surface area contributed by atoms with Crippen LogP contribution >= 0.6 is 59.4 Å². The van der Waals surface area contributed by atoms with E-state index in [1.807, 2.05) is 0 Å². The van der Waals surface area contributed by atoms with Gasteiger partial charge < -0.3 is 9.84 Å². The molecule has 126 valence electrons. The number of hydrogen-bond acceptors (Lipinski definition) is 4. The highest BCUT2D eigenvalue weighted by Crippen LogP contribution is 2.38. The van der Waals surface area contributed by atoms with Crippen LogP contribution in [0.1, 0.15) is 5.56 Å². The van der Waals surface area contributed by atoms with Crippen LogP contribution in [0.5, 0.6) is 11.5 Å². The monoisotopic (exact) mass is 538 g/mol. The lowest BCUT2D eigenvalue weighted by molar-refractivity contribution is -0.123. The van der Waals surface area contributed by atoms with E-state index in [4.69, 9.17) is 16.3 Å². The molecule has 0 saturated heterocycles. The van der Waals surface area contributed by atoms with Gasteiger partial charge in [-0.05, 0) is 56.1 Å². The number of ether oxygens (including phenoxy) is 1. The topological polar surface area (TPSA) is 70.9 Å². The molecule has 0 spiro atoms. The number of benzene rings is 2. The van der Waals surface area contributed by atoms with Gasteiger partial charge in [0, 0.05) is 15.1 Å². The zero-order valence-corrected chi connectivity index (χ0v) is 17.4. The third-order valence-corrected chi connectivity index (χ3v) is 5.03. The number of nitrogens with zero attached hydrogens (tertiary/aromatic N) is 1. The second kappa shape index (κ2) is 8.84. The van der Waals surface area contributed by atoms with E-state index in [0.29, 0.717) is 29.8 Å². The first-order valence-corrected chi connectivity index (χ1v) is 9.21. The summed E-state index contributed by atoms with van der Waals surface area (Å²) in [5, 5.41) is 14.2. The standard InChI is InChI=1S/C15H10Br3ClN2O3/c16-11-5-12(17)15(23)14(18)10(11)6-20-21-13(22)7-24-9-3-1-2-8(19)4-9/h1-6,23H,7H2,(H,21,22)/b20-6+. The lowest BCUT2D eigenvalue weighted by atomic mass is 10.2. The summed E-state index contributed by atoms with van der Waals surface area (Å²) in [7, 11) is 0. The molecule has 0 radical (unpaired) electrons. The summed E-state index contributed by atoms with van der Waals surface area (Å²) in [6, 6.07) is 8.41. The third-order valence-electron chi connectivity index (χ3n) is 2.73. The quantitative estimate of drug-likeness (QED) is 0.420. The van der Waals surface area contributed by atoms with Crippen LogP contribution in [0.4, 0.5) is 0 Å². The average Bonchev–Trinajstić information content (AvgIpc) is 2.54. The minimum atomic E-state index is -0.431. The van der Waals surface area contributed by atoms with Crippen molar-refractivity contribution in [2.45, 2.75) is 0 Å². The highest BCUT2D eigenvalue weighted by molar-refractivity contribution is 9.11. The first kappa shape index (κ1) is 19.2. The van der Waals surface area contributed by atoms with Crippen LogP contribution in [0.25, 0.3) is 0 Å². The van der Waals surface area contributed by atoms with Crippen LogP contribution in [0, 0.1) is 0 Å². The summed E-state index contributed by atoms with van der Waals surface area (Å²) in [6.45, 7) is -0.203. The van der Waals surface area contributed by atoms with Crippen LogP contribution < -0.4 is 10.2 Å². The van der Waals surface area contributed by atoms with Crippen LogP contribution in [-0.4, -0.2) is 23.8 Å². The molecule has 0 atom stereocenters. The van der Waals surface area contributed by atoms with Crippen molar-refractivity contribution in [3.8, 4) is 11.5 Å². The van der Waals surface area contributed by atoms with Crippen molar-refractivity contribution in [3.63, 3.8) is 0 Å². The van der Waals surface area contributed by atoms with Gasteiger partial charge in [-0.1, -0.05) is 33.6 Å². The van der Waals surface area contributed by atoms with Crippen LogP contribution in [0.3, 0.4) is 0 Å². The molecule has 2 rings (SSSR count). The number of carbonyl (C=O) groups is 1. The molecule has 0 aliphatic heterocycles. The molecule has 0 heterocycles. The number of nitrogens with one attached hydrogen (secondary N) is 1. The highest BCUT2D eigenvalue weighted by atomic mass is 79.9. The Labute approximate surface area is 168 Å². The lowest BCUT2D eigenvalue weighted by Gasteiger charge is -2.07. The van der Waals surface area contributed by atoms with Gasteiger partial charge >= 0.3 is 0 Å². The van der Waals surface area contributed by atoms with E-state index in [2.05, 4.69) is 58.3 Å². The van der Waals surface area contributed by atoms with Gasteiger partial charge in [-0.15, -0.1) is 0 Å². The van der Waals surface area contributed by atoms with E-state index >= 15 is 0 Å². The molecule has 0 unspecified atom stereocenters. The van der Waals surface area contributed by atoms with Gasteiger partial charge in [0.1, 0.15) is 11.5 Å². The van der Waals surface area contributed by atoms with Gasteiger partial charge in [0.2, 0.25) is 0 Å². The van der Waals surface area contributed by atoms with Gasteiger partial charge in [-0.25, -0.2) is 5.43 Å². The second-order valence-electron chi connectivity index (χ2n) is 4.46. The molecular weight excluding hydrogens is 531 g/mol. The van der Waals surface area contributed by atoms with Crippen molar-refractivity contribution in [3.05, 3.63) is 54.3 Å². The van der Waals surface area contributed by atoms with Gasteiger partial charge in [0.25, 0.3) is 5.91 Å². The average molecular weight is 541 g/mol. The fourth-order valence-electron chi connectivity index (χ4n) is 1.62. The Morgan fingerprint density at radius 1 is 1.29 bits per heavy atom. The molecule has 24 heavy (non-hydrogen) atoms. The van der Waals surface area contributed by atoms with Crippen molar-refractivity contribution in [1.82, 2.24) is 5.43 Å². The van der Waals surface area contributed by atoms with E-state index in [-0.39, 0.29) is 12.4 Å². The van der Waals surface area contributed by atoms with Crippen molar-refractivity contribution in [2.24, 2.45) is 5.10 Å². The maximum Gasteiger partial charge on any atom is 0.277 e. The molecule has 5 nitrogen and oxygen atoms in total. The summed E-state index contributed by atoms with van der Waals surface area (Å²) in [6.07, 6.45) is 1.40. The minimum absolute atomic E-state index is 0.0373. The fraction of sp³-hybridized carbons (Fsp3) is 0.0667. The van der Waals surface area contributed by atoms with Crippen molar-refractivity contribution < 1.29 is 14.6 Å². The first-order chi connectivity index (χ1) is 11.4. The maximum atomic E-state index is 11.7. The lowest BCUT2D eigenvalue weighted by Crippen LogP contribution is -2.24. The zero-order chi connectivity index (χ0) is 17.7. The van der Waals surface area contributed by atoms with E-state index < -0.39 is 5.91 Å². The normalized spacial score (nSPS) is 10.8. The van der Waals surface area contributed by atoms with Gasteiger partial charge in [-0.2, -0.15) is 5.10 Å². The number of phenols is 1. The van der Waals surface area contributed by atoms with Gasteiger partial charge in [-0.3, -0.25) is 4.79 Å². The summed E-state index contributed by atoms with van der Waals surface area (Å²) in [5.41, 5.74) is 2.92. The van der Waals surface area contributed by atoms with E-state index in [1.54, 1.807) is 30.3 Å². The number of amides is 1. The molecule has 0 saturated carbocycles. The summed E-state index contributed by atoms with van der Waals surface area (Å²) < 4.78 is 6.95. The van der Waals surface area contributed by atoms with E-state index in [9.17, 15) is 9.90 Å². The number of rotatable bonds is 5. The van der Waals surface area contributed by atoms with Crippen molar-refractivity contribution >= 4 is 71.5 Å². The Morgan fingerprint density at radius 3 is 2.75 bits per heavy atom. The maximum absolute atomic E-state index is 11.7. The van der Waals surface area contributed by atoms with Crippen molar-refractivity contribution in [1.29, 1.82) is 0 Å². The molecule has 2 aromatic carbocycles. The zero-order valence-electron chi connectivity index (χ0n) is 11.9. The predicted molar refractivity (Wildman–Crippen MR) is 104 cm³/mol.